The molecule has 24 heavy (non-hydrogen) atoms. The zero-order valence-electron chi connectivity index (χ0n) is 16.6. The molecule has 1 atom stereocenters. The summed E-state index contributed by atoms with van der Waals surface area (Å²) in [6, 6.07) is 4.73. The first-order valence-electron chi connectivity index (χ1n) is 9.21. The lowest BCUT2D eigenvalue weighted by atomic mass is 9.82. The van der Waals surface area contributed by atoms with Gasteiger partial charge in [-0.3, -0.25) is 0 Å². The third-order valence-electron chi connectivity index (χ3n) is 4.36. The van der Waals surface area contributed by atoms with E-state index in [0.29, 0.717) is 17.8 Å². The minimum Gasteiger partial charge on any atom is -0.439 e. The first-order valence-corrected chi connectivity index (χ1v) is 9.21. The molecule has 0 radical (unpaired) electrons. The van der Waals surface area contributed by atoms with E-state index in [2.05, 4.69) is 79.2 Å². The summed E-state index contributed by atoms with van der Waals surface area (Å²) in [4.78, 5) is 0. The number of unbranched alkanes of at least 4 members (excludes halogenated alkanes) is 1. The van der Waals surface area contributed by atoms with Crippen LogP contribution in [-0.4, -0.2) is 0 Å². The Hall–Kier alpha value is -1.68. The smallest absolute Gasteiger partial charge is 0.133 e. The average molecular weight is 327 g/mol. The van der Waals surface area contributed by atoms with Crippen LogP contribution in [0.25, 0.3) is 0 Å². The molecule has 0 bridgehead atoms. The molecule has 0 fully saturated rings. The molecule has 1 aromatic rings. The maximum Gasteiger partial charge on any atom is 0.133 e. The molecule has 132 valence electrons. The largest absolute Gasteiger partial charge is 0.439 e. The Balaban J connectivity index is 3.26. The van der Waals surface area contributed by atoms with Crippen LogP contribution in [-0.2, 0) is 4.74 Å². The highest BCUT2D eigenvalue weighted by Gasteiger charge is 2.21. The lowest BCUT2D eigenvalue weighted by molar-refractivity contribution is 0.185. The highest BCUT2D eigenvalue weighted by atomic mass is 16.5. The topological polar surface area (TPSA) is 9.23 Å². The van der Waals surface area contributed by atoms with Crippen molar-refractivity contribution in [3.05, 3.63) is 47.0 Å². The summed E-state index contributed by atoms with van der Waals surface area (Å²) >= 11 is 0. The number of rotatable bonds is 7. The van der Waals surface area contributed by atoms with Gasteiger partial charge in [-0.2, -0.15) is 0 Å². The molecule has 0 saturated heterocycles. The summed E-state index contributed by atoms with van der Waals surface area (Å²) in [6.45, 7) is 19.4. The van der Waals surface area contributed by atoms with Gasteiger partial charge in [-0.25, -0.2) is 0 Å². The van der Waals surface area contributed by atoms with Gasteiger partial charge in [0.2, 0.25) is 0 Å². The van der Waals surface area contributed by atoms with Gasteiger partial charge in [0.05, 0.1) is 0 Å². The first-order chi connectivity index (χ1) is 11.3. The van der Waals surface area contributed by atoms with Crippen LogP contribution in [0.5, 0.6) is 0 Å². The highest BCUT2D eigenvalue weighted by molar-refractivity contribution is 5.45. The maximum absolute atomic E-state index is 5.86. The first kappa shape index (κ1) is 20.4. The van der Waals surface area contributed by atoms with Gasteiger partial charge in [0, 0.05) is 12.0 Å². The van der Waals surface area contributed by atoms with Crippen LogP contribution in [0, 0.1) is 12.0 Å². The molecule has 0 aliphatic rings. The fraction of sp³-hybridized carbons (Fsp3) is 0.565. The van der Waals surface area contributed by atoms with E-state index in [9.17, 15) is 0 Å². The van der Waals surface area contributed by atoms with Crippen molar-refractivity contribution in [2.45, 2.75) is 85.2 Å². The lowest BCUT2D eigenvalue weighted by Crippen LogP contribution is -2.10. The van der Waals surface area contributed by atoms with Crippen molar-refractivity contribution in [3.8, 4) is 12.0 Å². The predicted molar refractivity (Wildman–Crippen MR) is 105 cm³/mol. The van der Waals surface area contributed by atoms with Crippen molar-refractivity contribution in [1.82, 2.24) is 0 Å². The number of allylic oxidation sites excluding steroid dienone is 1. The third kappa shape index (κ3) is 5.45. The van der Waals surface area contributed by atoms with Crippen molar-refractivity contribution < 1.29 is 4.74 Å². The number of hydrogen-bond donors (Lipinski definition) is 0. The zero-order chi connectivity index (χ0) is 18.3. The second kappa shape index (κ2) is 9.58. The standard InChI is InChI=1S/C23H34O/c1-9-10-11-12-13-24-19(8)23-21(17(4)5)14-20(16(2)3)15-22(23)18(6)7/h9,14-19H,1,10-11H2,2-8H3/t19-/m1/s1. The van der Waals surface area contributed by atoms with E-state index in [1.54, 1.807) is 0 Å². The molecule has 0 unspecified atom stereocenters. The van der Waals surface area contributed by atoms with Gasteiger partial charge in [0.25, 0.3) is 0 Å². The van der Waals surface area contributed by atoms with Gasteiger partial charge in [0.1, 0.15) is 12.2 Å². The number of ether oxygens (including phenoxy) is 1. The molecule has 0 saturated carbocycles. The minimum atomic E-state index is -0.0164. The Bertz CT molecular complexity index is 567. The quantitative estimate of drug-likeness (QED) is 0.296. The molecule has 0 aromatic heterocycles. The van der Waals surface area contributed by atoms with Crippen molar-refractivity contribution in [3.63, 3.8) is 0 Å². The summed E-state index contributed by atoms with van der Waals surface area (Å²) < 4.78 is 5.86. The van der Waals surface area contributed by atoms with Crippen molar-refractivity contribution in [2.75, 3.05) is 0 Å². The molecule has 1 rings (SSSR count). The fourth-order valence-electron chi connectivity index (χ4n) is 2.90. The molecule has 0 aliphatic carbocycles. The minimum absolute atomic E-state index is 0.0164. The maximum atomic E-state index is 5.86. The Labute approximate surface area is 149 Å². The van der Waals surface area contributed by atoms with Gasteiger partial charge in [-0.05, 0) is 47.8 Å². The molecule has 0 N–H and O–H groups in total. The highest BCUT2D eigenvalue weighted by Crippen LogP contribution is 2.36. The average Bonchev–Trinajstić information content (AvgIpc) is 2.52. The zero-order valence-corrected chi connectivity index (χ0v) is 16.6. The second-order valence-electron chi connectivity index (χ2n) is 7.44. The van der Waals surface area contributed by atoms with E-state index in [1.165, 1.54) is 22.3 Å². The van der Waals surface area contributed by atoms with E-state index in [-0.39, 0.29) is 6.10 Å². The summed E-state index contributed by atoms with van der Waals surface area (Å²) in [6.07, 6.45) is 6.47. The van der Waals surface area contributed by atoms with Crippen LogP contribution in [0.3, 0.4) is 0 Å². The Morgan fingerprint density at radius 1 is 0.958 bits per heavy atom. The molecule has 0 aliphatic heterocycles. The predicted octanol–water partition coefficient (Wildman–Crippen LogP) is 7.06. The van der Waals surface area contributed by atoms with E-state index in [4.69, 9.17) is 4.74 Å². The van der Waals surface area contributed by atoms with E-state index in [0.717, 1.165) is 12.8 Å². The van der Waals surface area contributed by atoms with Crippen LogP contribution in [0.4, 0.5) is 0 Å². The van der Waals surface area contributed by atoms with Crippen LogP contribution >= 0.6 is 0 Å². The summed E-state index contributed by atoms with van der Waals surface area (Å²) in [7, 11) is 0. The van der Waals surface area contributed by atoms with Gasteiger partial charge in [-0.15, -0.1) is 6.58 Å². The molecule has 0 spiro atoms. The van der Waals surface area contributed by atoms with Gasteiger partial charge in [-0.1, -0.05) is 65.7 Å². The monoisotopic (exact) mass is 326 g/mol. The molecule has 0 amide bonds. The summed E-state index contributed by atoms with van der Waals surface area (Å²) in [5.41, 5.74) is 5.52. The number of benzene rings is 1. The second-order valence-corrected chi connectivity index (χ2v) is 7.44. The SMILES string of the molecule is C=CCCC#CO[C@H](C)c1c(C(C)C)cc(C(C)C)cc1C(C)C. The molecular weight excluding hydrogens is 292 g/mol. The molecule has 0 heterocycles. The van der Waals surface area contributed by atoms with Gasteiger partial charge >= 0.3 is 0 Å². The Kier molecular flexibility index (Phi) is 8.13. The van der Waals surface area contributed by atoms with Gasteiger partial charge < -0.3 is 4.74 Å². The van der Waals surface area contributed by atoms with Crippen LogP contribution in [0.2, 0.25) is 0 Å². The van der Waals surface area contributed by atoms with E-state index >= 15 is 0 Å². The Morgan fingerprint density at radius 2 is 1.50 bits per heavy atom. The van der Waals surface area contributed by atoms with Crippen LogP contribution in [0.15, 0.2) is 24.8 Å². The van der Waals surface area contributed by atoms with Crippen molar-refractivity contribution in [1.29, 1.82) is 0 Å². The van der Waals surface area contributed by atoms with E-state index in [1.807, 2.05) is 6.08 Å². The molecule has 1 nitrogen and oxygen atoms in total. The molecule has 1 heteroatoms. The third-order valence-corrected chi connectivity index (χ3v) is 4.36. The lowest BCUT2D eigenvalue weighted by Gasteiger charge is -2.25. The summed E-state index contributed by atoms with van der Waals surface area (Å²) in [5, 5.41) is 0. The molecule has 1 aromatic carbocycles. The van der Waals surface area contributed by atoms with Crippen molar-refractivity contribution in [2.24, 2.45) is 0 Å². The Morgan fingerprint density at radius 3 is 1.92 bits per heavy atom. The summed E-state index contributed by atoms with van der Waals surface area (Å²) in [5.74, 6) is 4.54. The normalized spacial score (nSPS) is 12.2. The fourth-order valence-corrected chi connectivity index (χ4v) is 2.90. The number of hydrogen-bond acceptors (Lipinski definition) is 1. The van der Waals surface area contributed by atoms with E-state index < -0.39 is 0 Å². The van der Waals surface area contributed by atoms with Crippen LogP contribution in [0.1, 0.15) is 107 Å². The van der Waals surface area contributed by atoms with Gasteiger partial charge in [0.15, 0.2) is 0 Å². The van der Waals surface area contributed by atoms with Crippen molar-refractivity contribution >= 4 is 0 Å². The molecular formula is C23H34O. The van der Waals surface area contributed by atoms with Crippen LogP contribution < -0.4 is 0 Å².